The van der Waals surface area contributed by atoms with E-state index in [1.54, 1.807) is 31.4 Å². The summed E-state index contributed by atoms with van der Waals surface area (Å²) >= 11 is 0. The molecule has 0 aromatic heterocycles. The average molecular weight is 395 g/mol. The van der Waals surface area contributed by atoms with Crippen molar-refractivity contribution in [3.8, 4) is 5.75 Å². The lowest BCUT2D eigenvalue weighted by atomic mass is 9.98. The molecule has 154 valence electrons. The first-order valence-electron chi connectivity index (χ1n) is 10.4. The molecule has 3 rings (SSSR count). The van der Waals surface area contributed by atoms with Gasteiger partial charge in [0.25, 0.3) is 11.8 Å². The van der Waals surface area contributed by atoms with Crippen molar-refractivity contribution in [1.29, 1.82) is 0 Å². The number of nitrogens with zero attached hydrogens (tertiary/aromatic N) is 1. The minimum Gasteiger partial charge on any atom is -0.496 e. The summed E-state index contributed by atoms with van der Waals surface area (Å²) in [6.07, 6.45) is 5.01. The summed E-state index contributed by atoms with van der Waals surface area (Å²) in [6.45, 7) is 3.48. The maximum Gasteiger partial charge on any atom is 0.254 e. The third kappa shape index (κ3) is 5.17. The number of methoxy groups -OCH3 is 1. The van der Waals surface area contributed by atoms with Gasteiger partial charge in [-0.25, -0.2) is 0 Å². The van der Waals surface area contributed by atoms with E-state index in [2.05, 4.69) is 12.2 Å². The Morgan fingerprint density at radius 2 is 1.79 bits per heavy atom. The van der Waals surface area contributed by atoms with Crippen molar-refractivity contribution < 1.29 is 14.3 Å². The molecule has 1 N–H and O–H groups in total. The molecule has 5 nitrogen and oxygen atoms in total. The molecule has 2 amide bonds. The van der Waals surface area contributed by atoms with Crippen LogP contribution in [0.15, 0.2) is 48.5 Å². The summed E-state index contributed by atoms with van der Waals surface area (Å²) in [5, 5.41) is 2.94. The molecule has 1 heterocycles. The predicted molar refractivity (Wildman–Crippen MR) is 114 cm³/mol. The van der Waals surface area contributed by atoms with Crippen LogP contribution in [0.5, 0.6) is 5.75 Å². The maximum absolute atomic E-state index is 12.9. The fourth-order valence-corrected chi connectivity index (χ4v) is 3.94. The number of amides is 2. The van der Waals surface area contributed by atoms with Gasteiger partial charge in [0.2, 0.25) is 0 Å². The summed E-state index contributed by atoms with van der Waals surface area (Å²) in [5.41, 5.74) is 2.27. The summed E-state index contributed by atoms with van der Waals surface area (Å²) in [5.74, 6) is 0.760. The van der Waals surface area contributed by atoms with Crippen molar-refractivity contribution in [2.75, 3.05) is 20.2 Å². The van der Waals surface area contributed by atoms with Crippen LogP contribution in [0.1, 0.15) is 58.9 Å². The van der Waals surface area contributed by atoms with E-state index in [0.29, 0.717) is 30.1 Å². The fourth-order valence-electron chi connectivity index (χ4n) is 3.94. The van der Waals surface area contributed by atoms with Gasteiger partial charge in [0.05, 0.1) is 7.11 Å². The van der Waals surface area contributed by atoms with Crippen LogP contribution in [0, 0.1) is 0 Å². The summed E-state index contributed by atoms with van der Waals surface area (Å²) < 4.78 is 5.34. The van der Waals surface area contributed by atoms with E-state index >= 15 is 0 Å². The van der Waals surface area contributed by atoms with Crippen LogP contribution >= 0.6 is 0 Å². The Bertz CT molecular complexity index is 832. The van der Waals surface area contributed by atoms with Gasteiger partial charge < -0.3 is 15.0 Å². The summed E-state index contributed by atoms with van der Waals surface area (Å²) in [7, 11) is 1.65. The molecule has 0 bridgehead atoms. The Morgan fingerprint density at radius 3 is 2.52 bits per heavy atom. The molecule has 0 radical (unpaired) electrons. The van der Waals surface area contributed by atoms with Gasteiger partial charge in [0.15, 0.2) is 0 Å². The van der Waals surface area contributed by atoms with E-state index in [4.69, 9.17) is 4.74 Å². The van der Waals surface area contributed by atoms with Crippen LogP contribution in [0.3, 0.4) is 0 Å². The zero-order chi connectivity index (χ0) is 20.6. The third-order valence-electron chi connectivity index (χ3n) is 5.63. The SMILES string of the molecule is CCC1CCCCN1C(=O)c1ccc(C(=O)NCCc2ccccc2OC)cc1. The van der Waals surface area contributed by atoms with Gasteiger partial charge in [-0.2, -0.15) is 0 Å². The molecule has 29 heavy (non-hydrogen) atoms. The highest BCUT2D eigenvalue weighted by Gasteiger charge is 2.26. The van der Waals surface area contributed by atoms with E-state index < -0.39 is 0 Å². The Morgan fingerprint density at radius 1 is 1.07 bits per heavy atom. The lowest BCUT2D eigenvalue weighted by Gasteiger charge is -2.35. The number of likely N-dealkylation sites (tertiary alicyclic amines) is 1. The number of carbonyl (C=O) groups is 2. The highest BCUT2D eigenvalue weighted by Crippen LogP contribution is 2.22. The second-order valence-electron chi connectivity index (χ2n) is 7.45. The smallest absolute Gasteiger partial charge is 0.254 e. The molecule has 2 aromatic rings. The normalized spacial score (nSPS) is 16.3. The summed E-state index contributed by atoms with van der Waals surface area (Å²) in [6, 6.07) is 15.1. The molecule has 0 aliphatic carbocycles. The van der Waals surface area contributed by atoms with E-state index in [1.165, 1.54) is 6.42 Å². The molecule has 1 unspecified atom stereocenters. The van der Waals surface area contributed by atoms with Crippen LogP contribution in [-0.2, 0) is 6.42 Å². The molecule has 1 saturated heterocycles. The van der Waals surface area contributed by atoms with E-state index in [-0.39, 0.29) is 11.8 Å². The first-order chi connectivity index (χ1) is 14.1. The number of rotatable bonds is 7. The van der Waals surface area contributed by atoms with Crippen molar-refractivity contribution in [3.05, 3.63) is 65.2 Å². The Hall–Kier alpha value is -2.82. The first-order valence-corrected chi connectivity index (χ1v) is 10.4. The van der Waals surface area contributed by atoms with E-state index in [9.17, 15) is 9.59 Å². The lowest BCUT2D eigenvalue weighted by molar-refractivity contribution is 0.0607. The van der Waals surface area contributed by atoms with Crippen molar-refractivity contribution in [2.45, 2.75) is 45.1 Å². The standard InChI is InChI=1S/C24H30N2O3/c1-3-21-9-6-7-17-26(21)24(28)20-13-11-19(12-14-20)23(27)25-16-15-18-8-4-5-10-22(18)29-2/h4-5,8,10-14,21H,3,6-7,9,15-17H2,1-2H3,(H,25,27). The van der Waals surface area contributed by atoms with Crippen molar-refractivity contribution in [2.24, 2.45) is 0 Å². The van der Waals surface area contributed by atoms with Gasteiger partial charge >= 0.3 is 0 Å². The quantitative estimate of drug-likeness (QED) is 0.770. The maximum atomic E-state index is 12.9. The van der Waals surface area contributed by atoms with Gasteiger partial charge in [0.1, 0.15) is 5.75 Å². The van der Waals surface area contributed by atoms with Gasteiger partial charge in [-0.05, 0) is 68.0 Å². The Balaban J connectivity index is 1.56. The molecule has 1 fully saturated rings. The Kier molecular flexibility index (Phi) is 7.28. The predicted octanol–water partition coefficient (Wildman–Crippen LogP) is 4.07. The molecule has 2 aromatic carbocycles. The largest absolute Gasteiger partial charge is 0.496 e. The van der Waals surface area contributed by atoms with E-state index in [1.807, 2.05) is 29.2 Å². The topological polar surface area (TPSA) is 58.6 Å². The second kappa shape index (κ2) is 10.1. The number of para-hydroxylation sites is 1. The fraction of sp³-hybridized carbons (Fsp3) is 0.417. The van der Waals surface area contributed by atoms with Crippen LogP contribution in [0.25, 0.3) is 0 Å². The van der Waals surface area contributed by atoms with Crippen molar-refractivity contribution in [1.82, 2.24) is 10.2 Å². The molecular weight excluding hydrogens is 364 g/mol. The average Bonchev–Trinajstić information content (AvgIpc) is 2.78. The first kappa shape index (κ1) is 20.9. The van der Waals surface area contributed by atoms with Crippen LogP contribution < -0.4 is 10.1 Å². The van der Waals surface area contributed by atoms with Gasteiger partial charge in [-0.1, -0.05) is 25.1 Å². The monoisotopic (exact) mass is 394 g/mol. The molecule has 0 saturated carbocycles. The number of carbonyl (C=O) groups excluding carboxylic acids is 2. The van der Waals surface area contributed by atoms with Gasteiger partial charge in [-0.15, -0.1) is 0 Å². The number of hydrogen-bond donors (Lipinski definition) is 1. The number of ether oxygens (including phenoxy) is 1. The highest BCUT2D eigenvalue weighted by atomic mass is 16.5. The number of nitrogens with one attached hydrogen (secondary N) is 1. The van der Waals surface area contributed by atoms with Gasteiger partial charge in [0, 0.05) is 30.3 Å². The molecule has 1 atom stereocenters. The van der Waals surface area contributed by atoms with Crippen LogP contribution in [0.2, 0.25) is 0 Å². The van der Waals surface area contributed by atoms with Gasteiger partial charge in [-0.3, -0.25) is 9.59 Å². The highest BCUT2D eigenvalue weighted by molar-refractivity contribution is 5.98. The number of benzene rings is 2. The van der Waals surface area contributed by atoms with Crippen LogP contribution in [0.4, 0.5) is 0 Å². The molecule has 0 spiro atoms. The molecule has 1 aliphatic rings. The Labute approximate surface area is 173 Å². The zero-order valence-corrected chi connectivity index (χ0v) is 17.3. The van der Waals surface area contributed by atoms with Crippen molar-refractivity contribution >= 4 is 11.8 Å². The number of piperidine rings is 1. The number of hydrogen-bond acceptors (Lipinski definition) is 3. The minimum absolute atomic E-state index is 0.0691. The summed E-state index contributed by atoms with van der Waals surface area (Å²) in [4.78, 5) is 27.3. The third-order valence-corrected chi connectivity index (χ3v) is 5.63. The molecule has 5 heteroatoms. The molecule has 1 aliphatic heterocycles. The van der Waals surface area contributed by atoms with Crippen LogP contribution in [-0.4, -0.2) is 43.0 Å². The second-order valence-corrected chi connectivity index (χ2v) is 7.45. The van der Waals surface area contributed by atoms with Crippen molar-refractivity contribution in [3.63, 3.8) is 0 Å². The lowest BCUT2D eigenvalue weighted by Crippen LogP contribution is -2.43. The molecular formula is C24H30N2O3. The zero-order valence-electron chi connectivity index (χ0n) is 17.3. The van der Waals surface area contributed by atoms with E-state index in [0.717, 1.165) is 37.1 Å². The minimum atomic E-state index is -0.136.